The predicted molar refractivity (Wildman–Crippen MR) is 79.7 cm³/mol. The third-order valence-corrected chi connectivity index (χ3v) is 5.79. The summed E-state index contributed by atoms with van der Waals surface area (Å²) in [5.74, 6) is 0.312. The second-order valence-electron chi connectivity index (χ2n) is 6.00. The molecule has 0 saturated carbocycles. The lowest BCUT2D eigenvalue weighted by Gasteiger charge is -2.50. The maximum atomic E-state index is 11.9. The van der Waals surface area contributed by atoms with Gasteiger partial charge in [-0.05, 0) is 48.8 Å². The van der Waals surface area contributed by atoms with Gasteiger partial charge in [0.2, 0.25) is 5.91 Å². The summed E-state index contributed by atoms with van der Waals surface area (Å²) in [6.45, 7) is 2.34. The van der Waals surface area contributed by atoms with Gasteiger partial charge in [-0.2, -0.15) is 0 Å². The lowest BCUT2D eigenvalue weighted by atomic mass is 9.63. The van der Waals surface area contributed by atoms with E-state index in [4.69, 9.17) is 0 Å². The van der Waals surface area contributed by atoms with Gasteiger partial charge < -0.3 is 4.90 Å². The molecule has 1 unspecified atom stereocenters. The fraction of sp³-hybridized carbons (Fsp3) is 0.562. The molecular weight excluding hydrogens is 254 g/mol. The van der Waals surface area contributed by atoms with E-state index in [1.807, 2.05) is 11.9 Å². The van der Waals surface area contributed by atoms with Crippen LogP contribution in [0.3, 0.4) is 0 Å². The predicted octanol–water partition coefficient (Wildman–Crippen LogP) is 3.23. The fourth-order valence-corrected chi connectivity index (χ4v) is 4.35. The second kappa shape index (κ2) is 4.55. The Balaban J connectivity index is 2.05. The van der Waals surface area contributed by atoms with E-state index in [9.17, 15) is 4.79 Å². The lowest BCUT2D eigenvalue weighted by Crippen LogP contribution is -2.56. The minimum atomic E-state index is 0.146. The van der Waals surface area contributed by atoms with Gasteiger partial charge in [0.05, 0.1) is 0 Å². The number of carbonyl (C=O) groups excluding carboxylic acids is 1. The van der Waals surface area contributed by atoms with E-state index in [0.29, 0.717) is 18.4 Å². The normalized spacial score (nSPS) is 29.9. The van der Waals surface area contributed by atoms with E-state index in [0.717, 1.165) is 19.3 Å². The Labute approximate surface area is 119 Å². The summed E-state index contributed by atoms with van der Waals surface area (Å²) in [5, 5.41) is 0. The number of rotatable bonds is 1. The quantitative estimate of drug-likeness (QED) is 0.733. The Morgan fingerprint density at radius 1 is 1.37 bits per heavy atom. The number of nitrogens with zero attached hydrogens (tertiary/aromatic N) is 1. The molecule has 1 heterocycles. The Hall–Kier alpha value is -0.960. The van der Waals surface area contributed by atoms with Gasteiger partial charge in [-0.1, -0.05) is 13.0 Å². The molecule has 0 spiro atoms. The number of piperidine rings is 1. The highest BCUT2D eigenvalue weighted by Gasteiger charge is 2.46. The number of hydrogen-bond acceptors (Lipinski definition) is 2. The number of thioether (sulfide) groups is 1. The van der Waals surface area contributed by atoms with E-state index in [-0.39, 0.29) is 5.41 Å². The topological polar surface area (TPSA) is 20.3 Å². The molecule has 1 aliphatic carbocycles. The van der Waals surface area contributed by atoms with Gasteiger partial charge in [0.1, 0.15) is 0 Å². The Bertz CT molecular complexity index is 527. The van der Waals surface area contributed by atoms with Crippen LogP contribution in [0.15, 0.2) is 23.1 Å². The second-order valence-corrected chi connectivity index (χ2v) is 6.88. The van der Waals surface area contributed by atoms with Crippen molar-refractivity contribution < 1.29 is 4.79 Å². The summed E-state index contributed by atoms with van der Waals surface area (Å²) in [7, 11) is 1.98. The van der Waals surface area contributed by atoms with Crippen LogP contribution in [0, 0.1) is 0 Å². The molecule has 1 fully saturated rings. The fourth-order valence-electron chi connectivity index (χ4n) is 3.89. The van der Waals surface area contributed by atoms with Crippen LogP contribution in [0.1, 0.15) is 37.3 Å². The molecule has 1 aromatic rings. The van der Waals surface area contributed by atoms with Crippen LogP contribution in [-0.2, 0) is 16.6 Å². The Morgan fingerprint density at radius 2 is 2.16 bits per heavy atom. The van der Waals surface area contributed by atoms with E-state index < -0.39 is 0 Å². The Kier molecular flexibility index (Phi) is 3.12. The van der Waals surface area contributed by atoms with Crippen molar-refractivity contribution in [2.75, 3.05) is 13.3 Å². The van der Waals surface area contributed by atoms with Gasteiger partial charge in [0.15, 0.2) is 0 Å². The molecule has 2 atom stereocenters. The maximum Gasteiger partial charge on any atom is 0.222 e. The van der Waals surface area contributed by atoms with Crippen LogP contribution >= 0.6 is 11.8 Å². The van der Waals surface area contributed by atoms with Crippen LogP contribution in [0.25, 0.3) is 0 Å². The van der Waals surface area contributed by atoms with E-state index in [2.05, 4.69) is 31.4 Å². The largest absolute Gasteiger partial charge is 0.342 e. The van der Waals surface area contributed by atoms with Crippen LogP contribution in [0.5, 0.6) is 0 Å². The molecule has 2 aliphatic rings. The SMILES string of the molecule is CSc1ccc2c(c1)CCC1N(C)C(=O)CC[C@]21C. The van der Waals surface area contributed by atoms with E-state index in [1.165, 1.54) is 16.0 Å². The molecule has 0 aromatic heterocycles. The summed E-state index contributed by atoms with van der Waals surface area (Å²) in [5.41, 5.74) is 3.11. The minimum Gasteiger partial charge on any atom is -0.342 e. The van der Waals surface area contributed by atoms with Crippen LogP contribution in [0.2, 0.25) is 0 Å². The van der Waals surface area contributed by atoms with Crippen LogP contribution in [0.4, 0.5) is 0 Å². The third kappa shape index (κ3) is 1.90. The van der Waals surface area contributed by atoms with Crippen molar-refractivity contribution in [1.82, 2.24) is 4.90 Å². The van der Waals surface area contributed by atoms with Gasteiger partial charge >= 0.3 is 0 Å². The Morgan fingerprint density at radius 3 is 2.89 bits per heavy atom. The number of likely N-dealkylation sites (tertiary alicyclic amines) is 1. The van der Waals surface area contributed by atoms with Crippen molar-refractivity contribution in [2.24, 2.45) is 0 Å². The summed E-state index contributed by atoms with van der Waals surface area (Å²) < 4.78 is 0. The molecule has 3 rings (SSSR count). The van der Waals surface area contributed by atoms with Gasteiger partial charge in [-0.15, -0.1) is 11.8 Å². The molecule has 0 radical (unpaired) electrons. The first-order valence-corrected chi connectivity index (χ1v) is 8.22. The van der Waals surface area contributed by atoms with Crippen LogP contribution < -0.4 is 0 Å². The number of fused-ring (bicyclic) bond motifs is 3. The van der Waals surface area contributed by atoms with E-state index >= 15 is 0 Å². The zero-order chi connectivity index (χ0) is 13.6. The zero-order valence-corrected chi connectivity index (χ0v) is 12.7. The number of amides is 1. The molecule has 1 aromatic carbocycles. The van der Waals surface area contributed by atoms with Gasteiger partial charge in [0, 0.05) is 29.8 Å². The van der Waals surface area contributed by atoms with Crippen molar-refractivity contribution in [2.45, 2.75) is 49.0 Å². The number of likely N-dealkylation sites (N-methyl/N-ethyl adjacent to an activating group) is 1. The molecule has 102 valence electrons. The van der Waals surface area contributed by atoms with E-state index in [1.54, 1.807) is 11.8 Å². The summed E-state index contributed by atoms with van der Waals surface area (Å²) in [4.78, 5) is 15.3. The van der Waals surface area contributed by atoms with Crippen molar-refractivity contribution in [3.05, 3.63) is 29.3 Å². The number of carbonyl (C=O) groups is 1. The summed E-state index contributed by atoms with van der Waals surface area (Å²) in [6.07, 6.45) is 6.01. The summed E-state index contributed by atoms with van der Waals surface area (Å²) >= 11 is 1.81. The monoisotopic (exact) mass is 275 g/mol. The number of hydrogen-bond donors (Lipinski definition) is 0. The number of benzene rings is 1. The molecule has 1 aliphatic heterocycles. The highest BCUT2D eigenvalue weighted by molar-refractivity contribution is 7.98. The molecule has 0 bridgehead atoms. The van der Waals surface area contributed by atoms with Crippen LogP contribution in [-0.4, -0.2) is 30.2 Å². The molecular formula is C16H21NOS. The minimum absolute atomic E-state index is 0.146. The zero-order valence-electron chi connectivity index (χ0n) is 11.9. The molecule has 1 saturated heterocycles. The molecule has 3 heteroatoms. The standard InChI is InChI=1S/C16H21NOS/c1-16-9-8-15(18)17(2)14(16)7-4-11-10-12(19-3)5-6-13(11)16/h5-6,10,14H,4,7-9H2,1-3H3/t14?,16-/m1/s1. The smallest absolute Gasteiger partial charge is 0.222 e. The number of aryl methyl sites for hydroxylation is 1. The van der Waals surface area contributed by atoms with Crippen molar-refractivity contribution in [3.63, 3.8) is 0 Å². The average Bonchev–Trinajstić information content (AvgIpc) is 2.43. The molecule has 0 N–H and O–H groups in total. The third-order valence-electron chi connectivity index (χ3n) is 5.07. The van der Waals surface area contributed by atoms with Crippen molar-refractivity contribution in [1.29, 1.82) is 0 Å². The lowest BCUT2D eigenvalue weighted by molar-refractivity contribution is -0.138. The first kappa shape index (κ1) is 13.0. The first-order valence-electron chi connectivity index (χ1n) is 6.99. The van der Waals surface area contributed by atoms with Gasteiger partial charge in [0.25, 0.3) is 0 Å². The molecule has 19 heavy (non-hydrogen) atoms. The molecule has 2 nitrogen and oxygen atoms in total. The highest BCUT2D eigenvalue weighted by Crippen LogP contribution is 2.46. The van der Waals surface area contributed by atoms with Gasteiger partial charge in [-0.3, -0.25) is 4.79 Å². The molecule has 1 amide bonds. The average molecular weight is 275 g/mol. The van der Waals surface area contributed by atoms with Crippen molar-refractivity contribution in [3.8, 4) is 0 Å². The van der Waals surface area contributed by atoms with Crippen molar-refractivity contribution >= 4 is 17.7 Å². The van der Waals surface area contributed by atoms with Gasteiger partial charge in [-0.25, -0.2) is 0 Å². The maximum absolute atomic E-state index is 11.9. The summed E-state index contributed by atoms with van der Waals surface area (Å²) in [6, 6.07) is 7.25. The first-order chi connectivity index (χ1) is 9.06. The highest BCUT2D eigenvalue weighted by atomic mass is 32.2.